The van der Waals surface area contributed by atoms with Crippen molar-refractivity contribution in [3.8, 4) is 5.75 Å². The fourth-order valence-electron chi connectivity index (χ4n) is 1.66. The first-order chi connectivity index (χ1) is 10.6. The van der Waals surface area contributed by atoms with Crippen LogP contribution in [0.2, 0.25) is 0 Å². The predicted molar refractivity (Wildman–Crippen MR) is 77.2 cm³/mol. The second-order valence-corrected chi connectivity index (χ2v) is 4.27. The number of carbonyl (C=O) groups excluding carboxylic acids is 1. The molecular formula is C17H11F3O2. The molecule has 0 aliphatic heterocycles. The van der Waals surface area contributed by atoms with Crippen LogP contribution >= 0.6 is 0 Å². The van der Waals surface area contributed by atoms with E-state index in [9.17, 15) is 18.0 Å². The lowest BCUT2D eigenvalue weighted by Crippen LogP contribution is -1.93. The first-order valence-electron chi connectivity index (χ1n) is 6.32. The highest BCUT2D eigenvalue weighted by atomic mass is 19.3. The van der Waals surface area contributed by atoms with Crippen molar-refractivity contribution in [3.63, 3.8) is 0 Å². The SMILES string of the molecule is O=C(C=Cc1ccc(OC(F)=C(F)F)cc1)c1ccccc1. The monoisotopic (exact) mass is 304 g/mol. The average molecular weight is 304 g/mol. The number of ketones is 1. The van der Waals surface area contributed by atoms with Crippen LogP contribution in [0.5, 0.6) is 5.75 Å². The molecule has 112 valence electrons. The van der Waals surface area contributed by atoms with Crippen LogP contribution in [-0.4, -0.2) is 5.78 Å². The Morgan fingerprint density at radius 1 is 0.909 bits per heavy atom. The minimum absolute atomic E-state index is 0.0585. The van der Waals surface area contributed by atoms with Crippen LogP contribution in [0, 0.1) is 0 Å². The van der Waals surface area contributed by atoms with Gasteiger partial charge in [-0.1, -0.05) is 48.5 Å². The number of hydrogen-bond acceptors (Lipinski definition) is 2. The lowest BCUT2D eigenvalue weighted by atomic mass is 10.1. The lowest BCUT2D eigenvalue weighted by molar-refractivity contribution is 0.104. The molecule has 0 amide bonds. The van der Waals surface area contributed by atoms with Crippen molar-refractivity contribution in [1.82, 2.24) is 0 Å². The molecule has 0 N–H and O–H groups in total. The number of carbonyl (C=O) groups is 1. The summed E-state index contributed by atoms with van der Waals surface area (Å²) in [6, 6.07) is 12.5. The van der Waals surface area contributed by atoms with Gasteiger partial charge >= 0.3 is 12.1 Å². The molecule has 0 atom stereocenters. The van der Waals surface area contributed by atoms with Crippen LogP contribution in [0.3, 0.4) is 0 Å². The zero-order valence-corrected chi connectivity index (χ0v) is 11.3. The Balaban J connectivity index is 2.04. The minimum atomic E-state index is -2.52. The number of allylic oxidation sites excluding steroid dienone is 1. The van der Waals surface area contributed by atoms with Gasteiger partial charge in [-0.2, -0.15) is 13.2 Å². The summed E-state index contributed by atoms with van der Waals surface area (Å²) in [5.41, 5.74) is 1.21. The van der Waals surface area contributed by atoms with Crippen LogP contribution in [0.1, 0.15) is 15.9 Å². The molecule has 0 aromatic heterocycles. The predicted octanol–water partition coefficient (Wildman–Crippen LogP) is 5.00. The van der Waals surface area contributed by atoms with Gasteiger partial charge in [0.05, 0.1) is 0 Å². The van der Waals surface area contributed by atoms with E-state index in [4.69, 9.17) is 0 Å². The Kier molecular flexibility index (Phi) is 5.14. The number of hydrogen-bond donors (Lipinski definition) is 0. The van der Waals surface area contributed by atoms with E-state index in [0.717, 1.165) is 0 Å². The quantitative estimate of drug-likeness (QED) is 0.441. The standard InChI is InChI=1S/C17H11F3O2/c18-16(19)17(20)22-14-9-6-12(7-10-14)8-11-15(21)13-4-2-1-3-5-13/h1-11H. The van der Waals surface area contributed by atoms with E-state index >= 15 is 0 Å². The zero-order chi connectivity index (χ0) is 15.9. The van der Waals surface area contributed by atoms with Crippen molar-refractivity contribution in [2.75, 3.05) is 0 Å². The Hall–Kier alpha value is -2.82. The summed E-state index contributed by atoms with van der Waals surface area (Å²) < 4.78 is 40.7. The molecular weight excluding hydrogens is 293 g/mol. The highest BCUT2D eigenvalue weighted by Crippen LogP contribution is 2.19. The van der Waals surface area contributed by atoms with Crippen molar-refractivity contribution in [3.05, 3.63) is 83.9 Å². The summed E-state index contributed by atoms with van der Waals surface area (Å²) in [7, 11) is 0. The van der Waals surface area contributed by atoms with Gasteiger partial charge in [-0.3, -0.25) is 4.79 Å². The molecule has 0 aliphatic rings. The largest absolute Gasteiger partial charge is 0.428 e. The van der Waals surface area contributed by atoms with Gasteiger partial charge in [-0.15, -0.1) is 0 Å². The fraction of sp³-hybridized carbons (Fsp3) is 0. The topological polar surface area (TPSA) is 26.3 Å². The molecule has 5 heteroatoms. The van der Waals surface area contributed by atoms with Gasteiger partial charge in [0.1, 0.15) is 5.75 Å². The van der Waals surface area contributed by atoms with E-state index in [2.05, 4.69) is 4.74 Å². The van der Waals surface area contributed by atoms with Gasteiger partial charge < -0.3 is 4.74 Å². The molecule has 0 heterocycles. The fourth-order valence-corrected chi connectivity index (χ4v) is 1.66. The number of ether oxygens (including phenoxy) is 1. The Bertz CT molecular complexity index is 700. The molecule has 0 radical (unpaired) electrons. The third kappa shape index (κ3) is 4.34. The summed E-state index contributed by atoms with van der Waals surface area (Å²) in [6.07, 6.45) is 0.450. The van der Waals surface area contributed by atoms with E-state index in [1.54, 1.807) is 30.3 Å². The van der Waals surface area contributed by atoms with Crippen LogP contribution < -0.4 is 4.74 Å². The maximum Gasteiger partial charge on any atom is 0.344 e. The highest BCUT2D eigenvalue weighted by Gasteiger charge is 2.07. The van der Waals surface area contributed by atoms with Gasteiger partial charge in [0.25, 0.3) is 0 Å². The number of benzene rings is 2. The molecule has 0 saturated carbocycles. The molecule has 0 bridgehead atoms. The summed E-state index contributed by atoms with van der Waals surface area (Å²) in [4.78, 5) is 11.9. The molecule has 0 aliphatic carbocycles. The minimum Gasteiger partial charge on any atom is -0.428 e. The summed E-state index contributed by atoms with van der Waals surface area (Å²) in [6.45, 7) is 0. The molecule has 2 aromatic carbocycles. The van der Waals surface area contributed by atoms with Gasteiger partial charge in [0.15, 0.2) is 5.78 Å². The number of rotatable bonds is 5. The molecule has 2 aromatic rings. The molecule has 22 heavy (non-hydrogen) atoms. The van der Waals surface area contributed by atoms with E-state index < -0.39 is 12.1 Å². The maximum atomic E-state index is 12.6. The van der Waals surface area contributed by atoms with Gasteiger partial charge in [0.2, 0.25) is 0 Å². The van der Waals surface area contributed by atoms with E-state index in [-0.39, 0.29) is 11.5 Å². The first-order valence-corrected chi connectivity index (χ1v) is 6.32. The normalized spacial score (nSPS) is 10.5. The van der Waals surface area contributed by atoms with E-state index in [1.807, 2.05) is 6.07 Å². The summed E-state index contributed by atoms with van der Waals surface area (Å²) in [5, 5.41) is 0. The molecule has 0 unspecified atom stereocenters. The van der Waals surface area contributed by atoms with Gasteiger partial charge in [-0.05, 0) is 23.8 Å². The van der Waals surface area contributed by atoms with Gasteiger partial charge in [-0.25, -0.2) is 0 Å². The van der Waals surface area contributed by atoms with Crippen molar-refractivity contribution in [2.45, 2.75) is 0 Å². The van der Waals surface area contributed by atoms with Crippen molar-refractivity contribution >= 4 is 11.9 Å². The smallest absolute Gasteiger partial charge is 0.344 e. The van der Waals surface area contributed by atoms with Crippen LogP contribution in [0.15, 0.2) is 72.8 Å². The first kappa shape index (κ1) is 15.6. The second kappa shape index (κ2) is 7.26. The summed E-state index contributed by atoms with van der Waals surface area (Å²) >= 11 is 0. The molecule has 2 nitrogen and oxygen atoms in total. The third-order valence-corrected chi connectivity index (χ3v) is 2.72. The number of halogens is 3. The highest BCUT2D eigenvalue weighted by molar-refractivity contribution is 6.06. The van der Waals surface area contributed by atoms with Crippen LogP contribution in [0.4, 0.5) is 13.2 Å². The van der Waals surface area contributed by atoms with Crippen molar-refractivity contribution in [1.29, 1.82) is 0 Å². The van der Waals surface area contributed by atoms with Crippen LogP contribution in [0.25, 0.3) is 6.08 Å². The van der Waals surface area contributed by atoms with Gasteiger partial charge in [0, 0.05) is 5.56 Å². The van der Waals surface area contributed by atoms with Crippen LogP contribution in [-0.2, 0) is 0 Å². The Labute approximate surface area is 125 Å². The summed E-state index contributed by atoms with van der Waals surface area (Å²) in [5.74, 6) is -0.216. The molecule has 0 saturated heterocycles. The Morgan fingerprint density at radius 2 is 1.55 bits per heavy atom. The zero-order valence-electron chi connectivity index (χ0n) is 11.3. The average Bonchev–Trinajstić information content (AvgIpc) is 2.54. The molecule has 0 spiro atoms. The third-order valence-electron chi connectivity index (χ3n) is 2.72. The van der Waals surface area contributed by atoms with E-state index in [1.165, 1.54) is 30.3 Å². The van der Waals surface area contributed by atoms with Crippen molar-refractivity contribution in [2.24, 2.45) is 0 Å². The molecule has 0 fully saturated rings. The van der Waals surface area contributed by atoms with E-state index in [0.29, 0.717) is 11.1 Å². The second-order valence-electron chi connectivity index (χ2n) is 4.27. The Morgan fingerprint density at radius 3 is 2.14 bits per heavy atom. The maximum absolute atomic E-state index is 12.6. The van der Waals surface area contributed by atoms with Crippen molar-refractivity contribution < 1.29 is 22.7 Å². The lowest BCUT2D eigenvalue weighted by Gasteiger charge is -2.02. The molecule has 2 rings (SSSR count).